The molecule has 17 heavy (non-hydrogen) atoms. The fourth-order valence-corrected chi connectivity index (χ4v) is 6.86. The van der Waals surface area contributed by atoms with Crippen LogP contribution in [0.3, 0.4) is 0 Å². The van der Waals surface area contributed by atoms with Crippen LogP contribution in [-0.2, 0) is 6.42 Å². The Kier molecular flexibility index (Phi) is 5.74. The summed E-state index contributed by atoms with van der Waals surface area (Å²) >= 11 is 9.50. The molecule has 1 aromatic rings. The van der Waals surface area contributed by atoms with Crippen LogP contribution in [0.15, 0.2) is 15.9 Å². The van der Waals surface area contributed by atoms with Crippen molar-refractivity contribution in [1.29, 1.82) is 0 Å². The van der Waals surface area contributed by atoms with E-state index in [2.05, 4.69) is 57.8 Å². The molecule has 2 heterocycles. The molecule has 0 spiro atoms. The number of hydrogen-bond donors (Lipinski definition) is 1. The highest BCUT2D eigenvalue weighted by Crippen LogP contribution is 2.35. The maximum absolute atomic E-state index is 6.41. The van der Waals surface area contributed by atoms with Crippen LogP contribution in [0.1, 0.15) is 18.2 Å². The summed E-state index contributed by atoms with van der Waals surface area (Å²) in [4.78, 5) is 1.40. The third kappa shape index (κ3) is 3.90. The third-order valence-electron chi connectivity index (χ3n) is 2.97. The molecule has 3 atom stereocenters. The summed E-state index contributed by atoms with van der Waals surface area (Å²) < 4.78 is 1.18. The van der Waals surface area contributed by atoms with Crippen LogP contribution in [0.5, 0.6) is 0 Å². The van der Waals surface area contributed by atoms with Gasteiger partial charge in [0.05, 0.1) is 0 Å². The summed E-state index contributed by atoms with van der Waals surface area (Å²) in [5, 5.41) is 3.51. The van der Waals surface area contributed by atoms with Crippen molar-refractivity contribution < 1.29 is 0 Å². The largest absolute Gasteiger partial charge is 0.326 e. The molecule has 1 aliphatic rings. The minimum Gasteiger partial charge on any atom is -0.326 e. The number of rotatable bonds is 4. The number of nitrogens with two attached hydrogens (primary N) is 1. The molecule has 1 fully saturated rings. The molecule has 2 rings (SSSR count). The van der Waals surface area contributed by atoms with E-state index < -0.39 is 0 Å². The molecule has 0 radical (unpaired) electrons. The second-order valence-electron chi connectivity index (χ2n) is 4.25. The van der Waals surface area contributed by atoms with Gasteiger partial charge in [-0.3, -0.25) is 0 Å². The minimum absolute atomic E-state index is 0.295. The van der Waals surface area contributed by atoms with E-state index >= 15 is 0 Å². The molecule has 0 saturated carbocycles. The Balaban J connectivity index is 1.95. The van der Waals surface area contributed by atoms with Crippen LogP contribution in [0.2, 0.25) is 0 Å². The second-order valence-corrected chi connectivity index (χ2v) is 8.80. The predicted octanol–water partition coefficient (Wildman–Crippen LogP) is 4.01. The highest BCUT2D eigenvalue weighted by molar-refractivity contribution is 9.10. The van der Waals surface area contributed by atoms with Gasteiger partial charge in [-0.15, -0.1) is 11.3 Å². The SMILES string of the molecule is CCC1SCCSC1C(N)Cc1cc(Br)cs1. The predicted molar refractivity (Wildman–Crippen MR) is 86.5 cm³/mol. The number of hydrogen-bond acceptors (Lipinski definition) is 4. The zero-order chi connectivity index (χ0) is 12.3. The lowest BCUT2D eigenvalue weighted by atomic mass is 10.1. The lowest BCUT2D eigenvalue weighted by molar-refractivity contribution is 0.601. The van der Waals surface area contributed by atoms with Crippen molar-refractivity contribution in [3.63, 3.8) is 0 Å². The van der Waals surface area contributed by atoms with Crippen molar-refractivity contribution in [2.24, 2.45) is 5.73 Å². The summed E-state index contributed by atoms with van der Waals surface area (Å²) in [6, 6.07) is 2.50. The van der Waals surface area contributed by atoms with Gasteiger partial charge in [0.15, 0.2) is 0 Å². The Hall–Kier alpha value is 0.840. The van der Waals surface area contributed by atoms with Crippen LogP contribution in [0.25, 0.3) is 0 Å². The van der Waals surface area contributed by atoms with Crippen LogP contribution in [0.4, 0.5) is 0 Å². The first-order valence-electron chi connectivity index (χ1n) is 5.92. The standard InChI is InChI=1S/C12H18BrNS3/c1-2-11-12(16-4-3-15-11)10(14)6-9-5-8(13)7-17-9/h5,7,10-12H,2-4,6,14H2,1H3. The Bertz CT molecular complexity index is 355. The summed E-state index contributed by atoms with van der Waals surface area (Å²) in [6.07, 6.45) is 2.26. The molecule has 0 aliphatic carbocycles. The fourth-order valence-electron chi connectivity index (χ4n) is 2.14. The molecular formula is C12H18BrNS3. The number of thiophene rings is 1. The van der Waals surface area contributed by atoms with Gasteiger partial charge in [-0.05, 0) is 34.8 Å². The molecule has 1 saturated heterocycles. The average molecular weight is 352 g/mol. The molecule has 1 nitrogen and oxygen atoms in total. The lowest BCUT2D eigenvalue weighted by Gasteiger charge is -2.34. The molecular weight excluding hydrogens is 334 g/mol. The molecule has 0 aromatic carbocycles. The lowest BCUT2D eigenvalue weighted by Crippen LogP contribution is -2.42. The van der Waals surface area contributed by atoms with Gasteiger partial charge in [0.2, 0.25) is 0 Å². The van der Waals surface area contributed by atoms with Crippen LogP contribution < -0.4 is 5.73 Å². The van der Waals surface area contributed by atoms with E-state index in [4.69, 9.17) is 5.73 Å². The highest BCUT2D eigenvalue weighted by Gasteiger charge is 2.30. The molecule has 2 N–H and O–H groups in total. The van der Waals surface area contributed by atoms with E-state index in [1.165, 1.54) is 27.3 Å². The first-order valence-corrected chi connectivity index (χ1v) is 9.69. The molecule has 1 aliphatic heterocycles. The highest BCUT2D eigenvalue weighted by atomic mass is 79.9. The zero-order valence-electron chi connectivity index (χ0n) is 9.90. The molecule has 5 heteroatoms. The summed E-state index contributed by atoms with van der Waals surface area (Å²) in [5.74, 6) is 2.55. The summed E-state index contributed by atoms with van der Waals surface area (Å²) in [5.41, 5.74) is 6.41. The summed E-state index contributed by atoms with van der Waals surface area (Å²) in [6.45, 7) is 2.28. The van der Waals surface area contributed by atoms with Crippen molar-refractivity contribution in [3.8, 4) is 0 Å². The van der Waals surface area contributed by atoms with Gasteiger partial charge in [0, 0.05) is 42.8 Å². The van der Waals surface area contributed by atoms with Crippen molar-refractivity contribution in [2.45, 2.75) is 36.3 Å². The Morgan fingerprint density at radius 3 is 2.88 bits per heavy atom. The monoisotopic (exact) mass is 351 g/mol. The molecule has 96 valence electrons. The van der Waals surface area contributed by atoms with E-state index in [9.17, 15) is 0 Å². The van der Waals surface area contributed by atoms with Gasteiger partial charge >= 0.3 is 0 Å². The number of halogens is 1. The van der Waals surface area contributed by atoms with Gasteiger partial charge in [-0.25, -0.2) is 0 Å². The van der Waals surface area contributed by atoms with Crippen molar-refractivity contribution >= 4 is 50.8 Å². The first kappa shape index (κ1) is 14.3. The zero-order valence-corrected chi connectivity index (χ0v) is 13.9. The molecule has 1 aromatic heterocycles. The Morgan fingerprint density at radius 2 is 2.24 bits per heavy atom. The fraction of sp³-hybridized carbons (Fsp3) is 0.667. The number of thioether (sulfide) groups is 2. The minimum atomic E-state index is 0.295. The van der Waals surface area contributed by atoms with Crippen molar-refractivity contribution in [3.05, 3.63) is 20.8 Å². The topological polar surface area (TPSA) is 26.0 Å². The van der Waals surface area contributed by atoms with Crippen LogP contribution >= 0.6 is 50.8 Å². The Labute approximate surface area is 124 Å². The quantitative estimate of drug-likeness (QED) is 0.887. The smallest absolute Gasteiger partial charge is 0.0321 e. The van der Waals surface area contributed by atoms with Crippen LogP contribution in [-0.4, -0.2) is 28.0 Å². The van der Waals surface area contributed by atoms with E-state index in [1.54, 1.807) is 0 Å². The van der Waals surface area contributed by atoms with Gasteiger partial charge in [0.25, 0.3) is 0 Å². The molecule has 0 amide bonds. The Morgan fingerprint density at radius 1 is 1.47 bits per heavy atom. The van der Waals surface area contributed by atoms with Crippen LogP contribution in [0, 0.1) is 0 Å². The molecule has 3 unspecified atom stereocenters. The van der Waals surface area contributed by atoms with Gasteiger partial charge in [-0.2, -0.15) is 23.5 Å². The van der Waals surface area contributed by atoms with Crippen molar-refractivity contribution in [1.82, 2.24) is 0 Å². The van der Waals surface area contributed by atoms with Crippen molar-refractivity contribution in [2.75, 3.05) is 11.5 Å². The molecule has 0 bridgehead atoms. The van der Waals surface area contributed by atoms with Gasteiger partial charge in [-0.1, -0.05) is 6.92 Å². The van der Waals surface area contributed by atoms with Gasteiger partial charge < -0.3 is 5.73 Å². The first-order chi connectivity index (χ1) is 8.20. The van der Waals surface area contributed by atoms with E-state index in [1.807, 2.05) is 11.3 Å². The average Bonchev–Trinajstić information content (AvgIpc) is 2.74. The van der Waals surface area contributed by atoms with Gasteiger partial charge in [0.1, 0.15) is 0 Å². The second kappa shape index (κ2) is 6.85. The van der Waals surface area contributed by atoms with E-state index in [0.717, 1.165) is 11.7 Å². The third-order valence-corrected chi connectivity index (χ3v) is 8.12. The maximum atomic E-state index is 6.41. The maximum Gasteiger partial charge on any atom is 0.0321 e. The van der Waals surface area contributed by atoms with E-state index in [0.29, 0.717) is 11.3 Å². The van der Waals surface area contributed by atoms with E-state index in [-0.39, 0.29) is 0 Å². The normalized spacial score (nSPS) is 27.0. The summed E-state index contributed by atoms with van der Waals surface area (Å²) in [7, 11) is 0.